The SMILES string of the molecule is CC(C)CC(C)N(C)C(c1ccc(Br)cc1)C(C)N. The van der Waals surface area contributed by atoms with Crippen LogP contribution in [0.5, 0.6) is 0 Å². The fourth-order valence-electron chi connectivity index (χ4n) is 2.69. The van der Waals surface area contributed by atoms with Crippen molar-refractivity contribution in [2.24, 2.45) is 11.7 Å². The molecule has 0 bridgehead atoms. The monoisotopic (exact) mass is 326 g/mol. The molecule has 0 aromatic heterocycles. The predicted octanol–water partition coefficient (Wildman–Crippen LogP) is 4.20. The lowest BCUT2D eigenvalue weighted by Gasteiger charge is -2.36. The Bertz CT molecular complexity index is 373. The van der Waals surface area contributed by atoms with Gasteiger partial charge in [0.05, 0.1) is 0 Å². The first-order valence-electron chi connectivity index (χ1n) is 7.06. The van der Waals surface area contributed by atoms with Gasteiger partial charge >= 0.3 is 0 Å². The highest BCUT2D eigenvalue weighted by atomic mass is 79.9. The minimum absolute atomic E-state index is 0.112. The molecule has 0 saturated heterocycles. The summed E-state index contributed by atoms with van der Waals surface area (Å²) in [5.41, 5.74) is 7.51. The maximum Gasteiger partial charge on any atom is 0.0496 e. The van der Waals surface area contributed by atoms with Crippen molar-refractivity contribution in [2.45, 2.75) is 52.2 Å². The maximum absolute atomic E-state index is 6.22. The highest BCUT2D eigenvalue weighted by Gasteiger charge is 2.25. The highest BCUT2D eigenvalue weighted by molar-refractivity contribution is 9.10. The van der Waals surface area contributed by atoms with Gasteiger partial charge in [-0.25, -0.2) is 0 Å². The van der Waals surface area contributed by atoms with Crippen LogP contribution in [0.2, 0.25) is 0 Å². The fourth-order valence-corrected chi connectivity index (χ4v) is 2.96. The summed E-state index contributed by atoms with van der Waals surface area (Å²) < 4.78 is 1.11. The summed E-state index contributed by atoms with van der Waals surface area (Å²) in [5.74, 6) is 0.705. The van der Waals surface area contributed by atoms with E-state index >= 15 is 0 Å². The van der Waals surface area contributed by atoms with Gasteiger partial charge in [0.1, 0.15) is 0 Å². The summed E-state index contributed by atoms with van der Waals surface area (Å²) in [4.78, 5) is 2.41. The molecule has 19 heavy (non-hydrogen) atoms. The molecular weight excluding hydrogens is 300 g/mol. The second kappa shape index (κ2) is 7.41. The van der Waals surface area contributed by atoms with E-state index in [0.29, 0.717) is 12.0 Å². The van der Waals surface area contributed by atoms with E-state index in [1.807, 2.05) is 0 Å². The first-order valence-corrected chi connectivity index (χ1v) is 7.85. The van der Waals surface area contributed by atoms with Gasteiger partial charge in [0.15, 0.2) is 0 Å². The Hall–Kier alpha value is -0.380. The van der Waals surface area contributed by atoms with Crippen LogP contribution in [0.3, 0.4) is 0 Å². The predicted molar refractivity (Wildman–Crippen MR) is 87.2 cm³/mol. The zero-order valence-corrected chi connectivity index (χ0v) is 14.3. The lowest BCUT2D eigenvalue weighted by atomic mass is 9.96. The van der Waals surface area contributed by atoms with Crippen molar-refractivity contribution in [1.82, 2.24) is 4.90 Å². The van der Waals surface area contributed by atoms with Crippen LogP contribution in [0.15, 0.2) is 28.7 Å². The summed E-state index contributed by atoms with van der Waals surface area (Å²) in [5, 5.41) is 0. The number of likely N-dealkylation sites (N-methyl/N-ethyl adjacent to an activating group) is 1. The molecular formula is C16H27BrN2. The second-order valence-corrected chi connectivity index (χ2v) is 6.92. The molecule has 0 amide bonds. The highest BCUT2D eigenvalue weighted by Crippen LogP contribution is 2.27. The number of benzene rings is 1. The molecule has 3 unspecified atom stereocenters. The minimum atomic E-state index is 0.112. The molecule has 0 spiro atoms. The molecule has 1 aromatic rings. The Kier molecular flexibility index (Phi) is 6.51. The largest absolute Gasteiger partial charge is 0.326 e. The number of nitrogens with two attached hydrogens (primary N) is 1. The third-order valence-electron chi connectivity index (χ3n) is 3.66. The molecule has 0 radical (unpaired) electrons. The third-order valence-corrected chi connectivity index (χ3v) is 4.18. The van der Waals surface area contributed by atoms with Gasteiger partial charge in [0.25, 0.3) is 0 Å². The Morgan fingerprint density at radius 3 is 2.05 bits per heavy atom. The van der Waals surface area contributed by atoms with Crippen molar-refractivity contribution >= 4 is 15.9 Å². The molecule has 2 N–H and O–H groups in total. The van der Waals surface area contributed by atoms with Gasteiger partial charge in [-0.3, -0.25) is 4.90 Å². The zero-order valence-electron chi connectivity index (χ0n) is 12.7. The molecule has 0 heterocycles. The van der Waals surface area contributed by atoms with E-state index in [1.54, 1.807) is 0 Å². The topological polar surface area (TPSA) is 29.3 Å². The fraction of sp³-hybridized carbons (Fsp3) is 0.625. The Balaban J connectivity index is 2.91. The van der Waals surface area contributed by atoms with Gasteiger partial charge in [0, 0.05) is 22.6 Å². The zero-order chi connectivity index (χ0) is 14.6. The van der Waals surface area contributed by atoms with Gasteiger partial charge in [0.2, 0.25) is 0 Å². The Labute approximate surface area is 126 Å². The number of rotatable bonds is 6. The molecule has 3 atom stereocenters. The standard InChI is InChI=1S/C16H27BrN2/c1-11(2)10-12(3)19(5)16(13(4)18)14-6-8-15(17)9-7-14/h6-9,11-13,16H,10,18H2,1-5H3. The third kappa shape index (κ3) is 4.90. The van der Waals surface area contributed by atoms with Crippen LogP contribution in [0.1, 0.15) is 45.7 Å². The van der Waals surface area contributed by atoms with Crippen LogP contribution < -0.4 is 5.73 Å². The first kappa shape index (κ1) is 16.7. The summed E-state index contributed by atoms with van der Waals surface area (Å²) in [6.45, 7) is 8.91. The summed E-state index contributed by atoms with van der Waals surface area (Å²) >= 11 is 3.49. The molecule has 0 aliphatic heterocycles. The van der Waals surface area contributed by atoms with Gasteiger partial charge < -0.3 is 5.73 Å². The minimum Gasteiger partial charge on any atom is -0.326 e. The Morgan fingerprint density at radius 1 is 1.11 bits per heavy atom. The van der Waals surface area contributed by atoms with E-state index in [0.717, 1.165) is 4.47 Å². The van der Waals surface area contributed by atoms with Crippen LogP contribution in [0, 0.1) is 5.92 Å². The molecule has 108 valence electrons. The van der Waals surface area contributed by atoms with Crippen LogP contribution in [-0.4, -0.2) is 24.0 Å². The van der Waals surface area contributed by atoms with Gasteiger partial charge in [-0.05, 0) is 50.9 Å². The van der Waals surface area contributed by atoms with Gasteiger partial charge in [-0.2, -0.15) is 0 Å². The smallest absolute Gasteiger partial charge is 0.0496 e. The van der Waals surface area contributed by atoms with Crippen molar-refractivity contribution in [1.29, 1.82) is 0 Å². The first-order chi connectivity index (χ1) is 8.82. The average molecular weight is 327 g/mol. The van der Waals surface area contributed by atoms with Crippen LogP contribution >= 0.6 is 15.9 Å². The molecule has 1 aromatic carbocycles. The number of hydrogen-bond acceptors (Lipinski definition) is 2. The van der Waals surface area contributed by atoms with E-state index < -0.39 is 0 Å². The summed E-state index contributed by atoms with van der Waals surface area (Å²) in [6.07, 6.45) is 1.19. The van der Waals surface area contributed by atoms with Crippen molar-refractivity contribution in [3.8, 4) is 0 Å². The summed E-state index contributed by atoms with van der Waals surface area (Å²) in [6, 6.07) is 9.41. The normalized spacial score (nSPS) is 16.7. The summed E-state index contributed by atoms with van der Waals surface area (Å²) in [7, 11) is 2.18. The number of hydrogen-bond donors (Lipinski definition) is 1. The molecule has 0 saturated carbocycles. The van der Waals surface area contributed by atoms with Crippen molar-refractivity contribution < 1.29 is 0 Å². The molecule has 0 aliphatic rings. The van der Waals surface area contributed by atoms with E-state index in [1.165, 1.54) is 12.0 Å². The van der Waals surface area contributed by atoms with Crippen LogP contribution in [0.25, 0.3) is 0 Å². The van der Waals surface area contributed by atoms with Crippen LogP contribution in [-0.2, 0) is 0 Å². The van der Waals surface area contributed by atoms with Gasteiger partial charge in [-0.1, -0.05) is 41.9 Å². The van der Waals surface area contributed by atoms with E-state index in [2.05, 4.69) is 79.8 Å². The van der Waals surface area contributed by atoms with Gasteiger partial charge in [-0.15, -0.1) is 0 Å². The Morgan fingerprint density at radius 2 is 1.63 bits per heavy atom. The average Bonchev–Trinajstić information content (AvgIpc) is 2.30. The second-order valence-electron chi connectivity index (χ2n) is 6.00. The number of nitrogens with zero attached hydrogens (tertiary/aromatic N) is 1. The lowest BCUT2D eigenvalue weighted by Crippen LogP contribution is -2.42. The lowest BCUT2D eigenvalue weighted by molar-refractivity contribution is 0.148. The molecule has 0 fully saturated rings. The van der Waals surface area contributed by atoms with E-state index in [9.17, 15) is 0 Å². The molecule has 3 heteroatoms. The molecule has 1 rings (SSSR count). The maximum atomic E-state index is 6.22. The quantitative estimate of drug-likeness (QED) is 0.848. The number of halogens is 1. The van der Waals surface area contributed by atoms with Crippen molar-refractivity contribution in [3.63, 3.8) is 0 Å². The van der Waals surface area contributed by atoms with E-state index in [4.69, 9.17) is 5.73 Å². The molecule has 0 aliphatic carbocycles. The van der Waals surface area contributed by atoms with Crippen LogP contribution in [0.4, 0.5) is 0 Å². The molecule has 2 nitrogen and oxygen atoms in total. The van der Waals surface area contributed by atoms with Crippen molar-refractivity contribution in [2.75, 3.05) is 7.05 Å². The van der Waals surface area contributed by atoms with E-state index in [-0.39, 0.29) is 12.1 Å². The van der Waals surface area contributed by atoms with Crippen molar-refractivity contribution in [3.05, 3.63) is 34.3 Å².